The Morgan fingerprint density at radius 1 is 0.906 bits per heavy atom. The second-order valence-electron chi connectivity index (χ2n) is 7.90. The Labute approximate surface area is 187 Å². The lowest BCUT2D eigenvalue weighted by atomic mass is 9.96. The van der Waals surface area contributed by atoms with Crippen LogP contribution in [0.5, 0.6) is 0 Å². The summed E-state index contributed by atoms with van der Waals surface area (Å²) >= 11 is 0. The average Bonchev–Trinajstić information content (AvgIpc) is 2.84. The van der Waals surface area contributed by atoms with Gasteiger partial charge in [0.05, 0.1) is 0 Å². The van der Waals surface area contributed by atoms with Crippen molar-refractivity contribution in [3.8, 4) is 11.1 Å². The summed E-state index contributed by atoms with van der Waals surface area (Å²) in [6, 6.07) is 22.7. The first-order valence-electron chi connectivity index (χ1n) is 10.9. The number of piperidine rings is 1. The van der Waals surface area contributed by atoms with Crippen molar-refractivity contribution >= 4 is 17.6 Å². The minimum absolute atomic E-state index is 0.0186. The molecule has 164 valence electrons. The summed E-state index contributed by atoms with van der Waals surface area (Å²) in [5.41, 5.74) is 3.09. The highest BCUT2D eigenvalue weighted by Gasteiger charge is 2.29. The molecule has 0 saturated carbocycles. The zero-order chi connectivity index (χ0) is 22.3. The van der Waals surface area contributed by atoms with Crippen molar-refractivity contribution in [2.45, 2.75) is 25.3 Å². The van der Waals surface area contributed by atoms with Crippen LogP contribution in [0.25, 0.3) is 11.1 Å². The highest BCUT2D eigenvalue weighted by Crippen LogP contribution is 2.27. The smallest absolute Gasteiger partial charge is 0.319 e. The number of carbonyl (C=O) groups is 2. The minimum atomic E-state index is -0.376. The van der Waals surface area contributed by atoms with Crippen LogP contribution in [0.3, 0.4) is 0 Å². The molecule has 0 spiro atoms. The van der Waals surface area contributed by atoms with E-state index in [-0.39, 0.29) is 23.8 Å². The highest BCUT2D eigenvalue weighted by atomic mass is 19.1. The van der Waals surface area contributed by atoms with Crippen LogP contribution in [0.4, 0.5) is 14.9 Å². The molecule has 3 aromatic carbocycles. The van der Waals surface area contributed by atoms with Crippen molar-refractivity contribution in [3.05, 3.63) is 90.2 Å². The fourth-order valence-corrected chi connectivity index (χ4v) is 4.09. The largest absolute Gasteiger partial charge is 0.336 e. The van der Waals surface area contributed by atoms with Gasteiger partial charge >= 0.3 is 6.03 Å². The average molecular weight is 432 g/mol. The number of hydrogen-bond donors (Lipinski definition) is 2. The number of hydrogen-bond acceptors (Lipinski definition) is 2. The number of nitrogens with one attached hydrogen (secondary N) is 2. The number of benzene rings is 3. The normalized spacial score (nSPS) is 15.8. The van der Waals surface area contributed by atoms with E-state index >= 15 is 0 Å². The molecular weight excluding hydrogens is 405 g/mol. The second kappa shape index (κ2) is 10.1. The van der Waals surface area contributed by atoms with Crippen LogP contribution >= 0.6 is 0 Å². The van der Waals surface area contributed by atoms with E-state index in [1.54, 1.807) is 0 Å². The molecule has 0 aromatic heterocycles. The molecule has 3 amide bonds. The van der Waals surface area contributed by atoms with Crippen LogP contribution in [0, 0.1) is 5.82 Å². The van der Waals surface area contributed by atoms with Gasteiger partial charge in [-0.2, -0.15) is 0 Å². The van der Waals surface area contributed by atoms with Crippen LogP contribution in [-0.2, 0) is 0 Å². The van der Waals surface area contributed by atoms with E-state index < -0.39 is 0 Å². The number of likely N-dealkylation sites (tertiary alicyclic amines) is 1. The molecule has 2 N–H and O–H groups in total. The van der Waals surface area contributed by atoms with Gasteiger partial charge in [0, 0.05) is 30.4 Å². The molecule has 6 heteroatoms. The molecule has 3 aromatic rings. The van der Waals surface area contributed by atoms with Gasteiger partial charge in [0.15, 0.2) is 0 Å². The van der Waals surface area contributed by atoms with E-state index in [0.29, 0.717) is 24.3 Å². The van der Waals surface area contributed by atoms with E-state index in [4.69, 9.17) is 0 Å². The van der Waals surface area contributed by atoms with Crippen molar-refractivity contribution in [2.24, 2.45) is 0 Å². The highest BCUT2D eigenvalue weighted by molar-refractivity contribution is 6.01. The molecule has 0 bridgehead atoms. The van der Waals surface area contributed by atoms with Crippen LogP contribution in [0.15, 0.2) is 78.9 Å². The fourth-order valence-electron chi connectivity index (χ4n) is 4.09. The van der Waals surface area contributed by atoms with E-state index in [9.17, 15) is 14.0 Å². The lowest BCUT2D eigenvalue weighted by molar-refractivity contribution is 0.0616. The summed E-state index contributed by atoms with van der Waals surface area (Å²) in [5.74, 6) is -0.377. The van der Waals surface area contributed by atoms with Crippen LogP contribution in [-0.4, -0.2) is 36.0 Å². The van der Waals surface area contributed by atoms with Gasteiger partial charge in [0.2, 0.25) is 0 Å². The Hall–Kier alpha value is -3.67. The molecule has 1 atom stereocenters. The van der Waals surface area contributed by atoms with Crippen molar-refractivity contribution in [1.82, 2.24) is 10.2 Å². The molecule has 1 saturated heterocycles. The molecule has 1 aliphatic rings. The quantitative estimate of drug-likeness (QED) is 0.575. The van der Waals surface area contributed by atoms with Crippen LogP contribution in [0.2, 0.25) is 0 Å². The van der Waals surface area contributed by atoms with Crippen molar-refractivity contribution < 1.29 is 14.0 Å². The van der Waals surface area contributed by atoms with Crippen LogP contribution < -0.4 is 10.6 Å². The predicted octanol–water partition coefficient (Wildman–Crippen LogP) is 5.31. The number of halogens is 1. The Balaban J connectivity index is 1.45. The molecule has 1 aliphatic heterocycles. The number of rotatable bonds is 5. The summed E-state index contributed by atoms with van der Waals surface area (Å²) in [6.45, 7) is 1.01. The van der Waals surface area contributed by atoms with Crippen molar-refractivity contribution in [3.63, 3.8) is 0 Å². The van der Waals surface area contributed by atoms with Crippen LogP contribution in [0.1, 0.15) is 29.6 Å². The Morgan fingerprint density at radius 2 is 1.62 bits per heavy atom. The summed E-state index contributed by atoms with van der Waals surface area (Å²) in [4.78, 5) is 27.7. The maximum atomic E-state index is 13.5. The third kappa shape index (κ3) is 5.14. The maximum absolute atomic E-state index is 13.5. The molecule has 1 unspecified atom stereocenters. The molecule has 0 aliphatic carbocycles. The lowest BCUT2D eigenvalue weighted by Gasteiger charge is -2.36. The minimum Gasteiger partial charge on any atom is -0.336 e. The number of urea groups is 1. The van der Waals surface area contributed by atoms with Crippen molar-refractivity contribution in [2.75, 3.05) is 18.4 Å². The van der Waals surface area contributed by atoms with Crippen molar-refractivity contribution in [1.29, 1.82) is 0 Å². The van der Waals surface area contributed by atoms with Gasteiger partial charge in [0.1, 0.15) is 5.82 Å². The van der Waals surface area contributed by atoms with E-state index in [2.05, 4.69) is 10.6 Å². The first-order chi connectivity index (χ1) is 15.6. The molecule has 5 nitrogen and oxygen atoms in total. The first kappa shape index (κ1) is 21.6. The monoisotopic (exact) mass is 431 g/mol. The number of anilines is 1. The zero-order valence-electron chi connectivity index (χ0n) is 17.8. The number of carbonyl (C=O) groups excluding carboxylic acids is 2. The molecule has 1 fully saturated rings. The summed E-state index contributed by atoms with van der Waals surface area (Å²) in [7, 11) is 0. The van der Waals surface area contributed by atoms with E-state index in [0.717, 1.165) is 30.4 Å². The van der Waals surface area contributed by atoms with Gasteiger partial charge in [-0.3, -0.25) is 4.79 Å². The summed E-state index contributed by atoms with van der Waals surface area (Å²) in [5, 5.41) is 5.56. The predicted molar refractivity (Wildman–Crippen MR) is 124 cm³/mol. The summed E-state index contributed by atoms with van der Waals surface area (Å²) < 4.78 is 13.0. The first-order valence-corrected chi connectivity index (χ1v) is 10.9. The Kier molecular flexibility index (Phi) is 6.80. The Morgan fingerprint density at radius 3 is 2.41 bits per heavy atom. The van der Waals surface area contributed by atoms with Gasteiger partial charge in [-0.15, -0.1) is 0 Å². The zero-order valence-corrected chi connectivity index (χ0v) is 17.8. The number of amides is 3. The molecule has 32 heavy (non-hydrogen) atoms. The third-order valence-electron chi connectivity index (χ3n) is 5.73. The van der Waals surface area contributed by atoms with Gasteiger partial charge in [-0.05, 0) is 60.7 Å². The van der Waals surface area contributed by atoms with Gasteiger partial charge in [-0.25, -0.2) is 9.18 Å². The van der Waals surface area contributed by atoms with Gasteiger partial charge < -0.3 is 15.5 Å². The van der Waals surface area contributed by atoms with Gasteiger partial charge in [0.25, 0.3) is 5.91 Å². The summed E-state index contributed by atoms with van der Waals surface area (Å²) in [6.07, 6.45) is 2.78. The van der Waals surface area contributed by atoms with Gasteiger partial charge in [-0.1, -0.05) is 48.5 Å². The lowest BCUT2D eigenvalue weighted by Crippen LogP contribution is -2.50. The molecule has 0 radical (unpaired) electrons. The van der Waals surface area contributed by atoms with E-state index in [1.165, 1.54) is 24.3 Å². The molecule has 1 heterocycles. The fraction of sp³-hybridized carbons (Fsp3) is 0.231. The number of nitrogens with zero attached hydrogens (tertiary/aromatic N) is 1. The topological polar surface area (TPSA) is 61.4 Å². The molecule has 4 rings (SSSR count). The third-order valence-corrected chi connectivity index (χ3v) is 5.73. The maximum Gasteiger partial charge on any atom is 0.319 e. The Bertz CT molecular complexity index is 1070. The second-order valence-corrected chi connectivity index (χ2v) is 7.90. The standard InChI is InChI=1S/C26H26FN3O2/c27-20-13-15-21(16-14-20)29-26(32)28-18-22-10-6-7-17-30(22)25(31)24-12-5-4-11-23(24)19-8-2-1-3-9-19/h1-5,8-9,11-16,22H,6-7,10,17-18H2,(H2,28,29,32). The van der Waals surface area contributed by atoms with E-state index in [1.807, 2.05) is 59.5 Å². The SMILES string of the molecule is O=C(NCC1CCCCN1C(=O)c1ccccc1-c1ccccc1)Nc1ccc(F)cc1. The molecular formula is C26H26FN3O2.